The van der Waals surface area contributed by atoms with Crippen LogP contribution in [0.4, 0.5) is 10.9 Å². The van der Waals surface area contributed by atoms with Crippen LogP contribution in [-0.2, 0) is 4.79 Å². The van der Waals surface area contributed by atoms with Gasteiger partial charge < -0.3 is 10.6 Å². The summed E-state index contributed by atoms with van der Waals surface area (Å²) in [4.78, 5) is 12.5. The second-order valence-electron chi connectivity index (χ2n) is 6.86. The van der Waals surface area contributed by atoms with Gasteiger partial charge in [-0.25, -0.2) is 4.68 Å². The number of hydrogen-bond donors (Lipinski definition) is 2. The van der Waals surface area contributed by atoms with E-state index in [1.807, 2.05) is 26.8 Å². The molecule has 1 saturated carbocycles. The van der Waals surface area contributed by atoms with E-state index in [1.165, 1.54) is 55.2 Å². The lowest BCUT2D eigenvalue weighted by Gasteiger charge is -2.21. The van der Waals surface area contributed by atoms with Gasteiger partial charge in [0.05, 0.1) is 11.4 Å². The van der Waals surface area contributed by atoms with Gasteiger partial charge >= 0.3 is 0 Å². The van der Waals surface area contributed by atoms with Crippen LogP contribution in [0.25, 0.3) is 0 Å². The summed E-state index contributed by atoms with van der Waals surface area (Å²) in [5.41, 5.74) is 0. The van der Waals surface area contributed by atoms with Crippen LogP contribution in [0.5, 0.6) is 0 Å². The Labute approximate surface area is 162 Å². The molecule has 1 aliphatic carbocycles. The molecule has 142 valence electrons. The Morgan fingerprint density at radius 1 is 1.27 bits per heavy atom. The maximum absolute atomic E-state index is 12.5. The predicted molar refractivity (Wildman–Crippen MR) is 107 cm³/mol. The summed E-state index contributed by atoms with van der Waals surface area (Å²) in [5.74, 6) is 0.656. The zero-order chi connectivity index (χ0) is 18.5. The number of rotatable bonds is 7. The molecule has 0 aliphatic heterocycles. The van der Waals surface area contributed by atoms with E-state index in [0.29, 0.717) is 6.04 Å². The number of thioether (sulfide) groups is 1. The largest absolute Gasteiger partial charge is 0.357 e. The van der Waals surface area contributed by atoms with Gasteiger partial charge in [-0.1, -0.05) is 42.4 Å². The summed E-state index contributed by atoms with van der Waals surface area (Å²) in [6, 6.07) is 2.51. The molecule has 2 aromatic rings. The molecule has 2 heterocycles. The van der Waals surface area contributed by atoms with Gasteiger partial charge in [-0.2, -0.15) is 5.10 Å². The van der Waals surface area contributed by atoms with Crippen LogP contribution in [0.2, 0.25) is 0 Å². The van der Waals surface area contributed by atoms with Crippen LogP contribution < -0.4 is 10.6 Å². The van der Waals surface area contributed by atoms with Crippen LogP contribution in [0.3, 0.4) is 0 Å². The van der Waals surface area contributed by atoms with Crippen LogP contribution in [0.1, 0.15) is 58.9 Å². The lowest BCUT2D eigenvalue weighted by Crippen LogP contribution is -2.24. The number of hydrogen-bond acceptors (Lipinski definition) is 7. The Morgan fingerprint density at radius 2 is 2.04 bits per heavy atom. The number of amides is 1. The monoisotopic (exact) mass is 394 g/mol. The molecule has 0 aromatic carbocycles. The Hall–Kier alpha value is -1.61. The van der Waals surface area contributed by atoms with Gasteiger partial charge in [0.1, 0.15) is 5.82 Å². The first-order chi connectivity index (χ1) is 12.5. The molecule has 0 unspecified atom stereocenters. The highest BCUT2D eigenvalue weighted by Crippen LogP contribution is 2.31. The van der Waals surface area contributed by atoms with E-state index in [2.05, 4.69) is 25.9 Å². The normalized spacial score (nSPS) is 16.6. The Morgan fingerprint density at radius 3 is 2.77 bits per heavy atom. The molecule has 2 aromatic heterocycles. The molecule has 1 amide bonds. The van der Waals surface area contributed by atoms with E-state index in [4.69, 9.17) is 0 Å². The van der Waals surface area contributed by atoms with Crippen molar-refractivity contribution in [1.82, 2.24) is 20.0 Å². The molecular weight excluding hydrogens is 368 g/mol. The quantitative estimate of drug-likeness (QED) is 0.685. The van der Waals surface area contributed by atoms with Crippen LogP contribution in [0, 0.1) is 0 Å². The average Bonchev–Trinajstić information content (AvgIpc) is 3.25. The second-order valence-corrected chi connectivity index (χ2v) is 9.42. The molecule has 2 N–H and O–H groups in total. The fourth-order valence-electron chi connectivity index (χ4n) is 2.99. The third-order valence-electron chi connectivity index (χ3n) is 4.40. The van der Waals surface area contributed by atoms with Gasteiger partial charge in [0.15, 0.2) is 4.34 Å². The summed E-state index contributed by atoms with van der Waals surface area (Å²) in [5, 5.41) is 19.7. The first-order valence-corrected chi connectivity index (χ1v) is 10.8. The molecule has 0 spiro atoms. The molecule has 26 heavy (non-hydrogen) atoms. The van der Waals surface area contributed by atoms with Gasteiger partial charge in [-0.05, 0) is 33.6 Å². The van der Waals surface area contributed by atoms with Crippen LogP contribution in [0.15, 0.2) is 16.6 Å². The molecule has 1 atom stereocenters. The molecule has 7 nitrogen and oxygen atoms in total. The van der Waals surface area contributed by atoms with Crippen LogP contribution in [-0.4, -0.2) is 37.2 Å². The lowest BCUT2D eigenvalue weighted by molar-refractivity contribution is -0.115. The topological polar surface area (TPSA) is 84.7 Å². The number of nitrogens with one attached hydrogen (secondary N) is 2. The molecule has 9 heteroatoms. The van der Waals surface area contributed by atoms with Crippen molar-refractivity contribution in [3.05, 3.63) is 12.3 Å². The van der Waals surface area contributed by atoms with Crippen LogP contribution >= 0.6 is 23.1 Å². The van der Waals surface area contributed by atoms with E-state index in [1.54, 1.807) is 10.9 Å². The lowest BCUT2D eigenvalue weighted by atomic mass is 9.96. The minimum atomic E-state index is -0.263. The van der Waals surface area contributed by atoms with E-state index >= 15 is 0 Å². The summed E-state index contributed by atoms with van der Waals surface area (Å²) in [6.45, 7) is 5.94. The standard InChI is InChI=1S/C17H26N6OS2/c1-11(2)23-14(9-10-18-23)20-15(24)12(3)25-17-22-21-16(26-17)19-13-7-5-4-6-8-13/h9-13H,4-8H2,1-3H3,(H,19,21)(H,20,24)/t12-/m0/s1. The van der Waals surface area contributed by atoms with Crippen molar-refractivity contribution in [3.8, 4) is 0 Å². The number of carbonyl (C=O) groups excluding carboxylic acids is 1. The fourth-order valence-corrected chi connectivity index (χ4v) is 4.97. The zero-order valence-corrected chi connectivity index (χ0v) is 17.1. The van der Waals surface area contributed by atoms with Gasteiger partial charge in [-0.15, -0.1) is 10.2 Å². The minimum Gasteiger partial charge on any atom is -0.357 e. The average molecular weight is 395 g/mol. The Bertz CT molecular complexity index is 722. The molecule has 0 radical (unpaired) electrons. The number of carbonyl (C=O) groups is 1. The molecule has 1 fully saturated rings. The fraction of sp³-hybridized carbons (Fsp3) is 0.647. The van der Waals surface area contributed by atoms with Gasteiger partial charge in [0, 0.05) is 18.2 Å². The van der Waals surface area contributed by atoms with E-state index in [9.17, 15) is 4.79 Å². The first kappa shape index (κ1) is 19.2. The highest BCUT2D eigenvalue weighted by molar-refractivity contribution is 8.02. The molecule has 3 rings (SSSR count). The van der Waals surface area contributed by atoms with Crippen molar-refractivity contribution >= 4 is 40.0 Å². The maximum atomic E-state index is 12.5. The third kappa shape index (κ3) is 4.97. The SMILES string of the molecule is CC(C)n1nccc1NC(=O)[C@H](C)Sc1nnc(NC2CCCCC2)s1. The third-order valence-corrected chi connectivity index (χ3v) is 6.44. The van der Waals surface area contributed by atoms with E-state index < -0.39 is 0 Å². The Kier molecular flexibility index (Phi) is 6.53. The van der Waals surface area contributed by atoms with E-state index in [-0.39, 0.29) is 17.2 Å². The highest BCUT2D eigenvalue weighted by atomic mass is 32.2. The molecule has 0 bridgehead atoms. The summed E-state index contributed by atoms with van der Waals surface area (Å²) < 4.78 is 2.61. The Balaban J connectivity index is 1.53. The van der Waals surface area contributed by atoms with Crippen molar-refractivity contribution in [2.45, 2.75) is 74.5 Å². The van der Waals surface area contributed by atoms with Crippen molar-refractivity contribution in [1.29, 1.82) is 0 Å². The van der Waals surface area contributed by atoms with Crippen molar-refractivity contribution < 1.29 is 4.79 Å². The highest BCUT2D eigenvalue weighted by Gasteiger charge is 2.20. The number of nitrogens with zero attached hydrogens (tertiary/aromatic N) is 4. The minimum absolute atomic E-state index is 0.0608. The van der Waals surface area contributed by atoms with Crippen molar-refractivity contribution in [3.63, 3.8) is 0 Å². The second kappa shape index (κ2) is 8.85. The van der Waals surface area contributed by atoms with Gasteiger partial charge in [-0.3, -0.25) is 4.79 Å². The molecular formula is C17H26N6OS2. The van der Waals surface area contributed by atoms with Gasteiger partial charge in [0.25, 0.3) is 0 Å². The van der Waals surface area contributed by atoms with E-state index in [0.717, 1.165) is 15.3 Å². The van der Waals surface area contributed by atoms with Gasteiger partial charge in [0.2, 0.25) is 11.0 Å². The molecule has 1 aliphatic rings. The predicted octanol–water partition coefficient (Wildman–Crippen LogP) is 4.18. The number of anilines is 2. The zero-order valence-electron chi connectivity index (χ0n) is 15.4. The smallest absolute Gasteiger partial charge is 0.238 e. The summed E-state index contributed by atoms with van der Waals surface area (Å²) in [6.07, 6.45) is 7.98. The molecule has 0 saturated heterocycles. The van der Waals surface area contributed by atoms with Crippen molar-refractivity contribution in [2.24, 2.45) is 0 Å². The summed E-state index contributed by atoms with van der Waals surface area (Å²) >= 11 is 2.95. The first-order valence-electron chi connectivity index (χ1n) is 9.14. The number of aromatic nitrogens is 4. The van der Waals surface area contributed by atoms with Crippen molar-refractivity contribution in [2.75, 3.05) is 10.6 Å². The summed E-state index contributed by atoms with van der Waals surface area (Å²) in [7, 11) is 0. The maximum Gasteiger partial charge on any atom is 0.238 e.